The van der Waals surface area contributed by atoms with Crippen LogP contribution in [0.15, 0.2) is 0 Å². The van der Waals surface area contributed by atoms with Crippen molar-refractivity contribution in [2.45, 2.75) is 64.1 Å². The molecule has 6 heteroatoms. The van der Waals surface area contributed by atoms with Gasteiger partial charge in [-0.1, -0.05) is 0 Å². The minimum absolute atomic E-state index is 0.248. The maximum Gasteiger partial charge on any atom is 0.190 e. The number of rotatable bonds is 1. The van der Waals surface area contributed by atoms with Crippen molar-refractivity contribution in [1.82, 2.24) is 0 Å². The van der Waals surface area contributed by atoms with Crippen LogP contribution in [0.1, 0.15) is 27.7 Å². The van der Waals surface area contributed by atoms with Gasteiger partial charge in [-0.2, -0.15) is 0 Å². The summed E-state index contributed by atoms with van der Waals surface area (Å²) in [7, 11) is 0. The molecule has 0 unspecified atom stereocenters. The van der Waals surface area contributed by atoms with Gasteiger partial charge < -0.3 is 28.8 Å². The molecule has 0 spiro atoms. The summed E-state index contributed by atoms with van der Waals surface area (Å²) in [6, 6.07) is 0. The normalized spacial score (nSPS) is 49.5. The second-order valence-corrected chi connectivity index (χ2v) is 5.94. The molecule has 0 amide bonds. The van der Waals surface area contributed by atoms with Crippen LogP contribution in [0.4, 0.5) is 0 Å². The molecule has 0 radical (unpaired) electrons. The van der Waals surface area contributed by atoms with Crippen LogP contribution < -0.4 is 0 Å². The standard InChI is InChI=1S/C12H20O6/c1-11(2)14-5-6(16-11)7-8-10(15-9(7)13)18-12(3,4)17-8/h6-10,13H,5H2,1-4H3/t6-,7+,8+,9-,10+/m1/s1. The first-order valence-corrected chi connectivity index (χ1v) is 6.28. The summed E-state index contributed by atoms with van der Waals surface area (Å²) in [6.07, 6.45) is -2.05. The summed E-state index contributed by atoms with van der Waals surface area (Å²) in [5.41, 5.74) is 0. The fourth-order valence-corrected chi connectivity index (χ4v) is 2.81. The van der Waals surface area contributed by atoms with E-state index < -0.39 is 24.2 Å². The highest BCUT2D eigenvalue weighted by Crippen LogP contribution is 2.43. The van der Waals surface area contributed by atoms with Gasteiger partial charge in [-0.15, -0.1) is 0 Å². The molecule has 5 atom stereocenters. The van der Waals surface area contributed by atoms with E-state index in [0.717, 1.165) is 0 Å². The van der Waals surface area contributed by atoms with Gasteiger partial charge in [0.2, 0.25) is 0 Å². The topological polar surface area (TPSA) is 66.4 Å². The molecule has 3 rings (SSSR count). The lowest BCUT2D eigenvalue weighted by Crippen LogP contribution is -2.40. The molecule has 3 fully saturated rings. The molecule has 3 aliphatic heterocycles. The Morgan fingerprint density at radius 2 is 1.72 bits per heavy atom. The van der Waals surface area contributed by atoms with Gasteiger partial charge in [-0.05, 0) is 27.7 Å². The molecule has 6 nitrogen and oxygen atoms in total. The Kier molecular flexibility index (Phi) is 2.75. The van der Waals surface area contributed by atoms with Crippen LogP contribution in [0.3, 0.4) is 0 Å². The first-order valence-electron chi connectivity index (χ1n) is 6.28. The van der Waals surface area contributed by atoms with Gasteiger partial charge in [-0.3, -0.25) is 0 Å². The van der Waals surface area contributed by atoms with Crippen LogP contribution in [-0.2, 0) is 23.7 Å². The molecular weight excluding hydrogens is 240 g/mol. The van der Waals surface area contributed by atoms with Crippen molar-refractivity contribution in [3.8, 4) is 0 Å². The number of aliphatic hydroxyl groups excluding tert-OH is 1. The first kappa shape index (κ1) is 12.8. The van der Waals surface area contributed by atoms with Crippen molar-refractivity contribution in [2.24, 2.45) is 5.92 Å². The van der Waals surface area contributed by atoms with E-state index in [1.54, 1.807) is 0 Å². The zero-order valence-electron chi connectivity index (χ0n) is 11.1. The Morgan fingerprint density at radius 3 is 2.33 bits per heavy atom. The van der Waals surface area contributed by atoms with E-state index in [0.29, 0.717) is 6.61 Å². The summed E-state index contributed by atoms with van der Waals surface area (Å²) in [6.45, 7) is 7.78. The second-order valence-electron chi connectivity index (χ2n) is 5.94. The summed E-state index contributed by atoms with van der Waals surface area (Å²) in [5.74, 6) is -1.61. The molecule has 18 heavy (non-hydrogen) atoms. The quantitative estimate of drug-likeness (QED) is 0.744. The largest absolute Gasteiger partial charge is 0.367 e. The number of hydrogen-bond acceptors (Lipinski definition) is 6. The van der Waals surface area contributed by atoms with Gasteiger partial charge >= 0.3 is 0 Å². The predicted molar refractivity (Wildman–Crippen MR) is 59.3 cm³/mol. The Balaban J connectivity index is 1.76. The number of hydrogen-bond donors (Lipinski definition) is 1. The van der Waals surface area contributed by atoms with Crippen LogP contribution in [0.25, 0.3) is 0 Å². The lowest BCUT2D eigenvalue weighted by Gasteiger charge is -2.27. The third-order valence-corrected chi connectivity index (χ3v) is 3.53. The summed E-state index contributed by atoms with van der Waals surface area (Å²) in [4.78, 5) is 0. The molecule has 0 aliphatic carbocycles. The van der Waals surface area contributed by atoms with E-state index in [1.807, 2.05) is 27.7 Å². The van der Waals surface area contributed by atoms with Crippen LogP contribution in [0.5, 0.6) is 0 Å². The summed E-state index contributed by atoms with van der Waals surface area (Å²) < 4.78 is 28.1. The minimum atomic E-state index is -0.946. The third kappa shape index (κ3) is 2.07. The van der Waals surface area contributed by atoms with Crippen molar-refractivity contribution >= 4 is 0 Å². The first-order chi connectivity index (χ1) is 8.27. The van der Waals surface area contributed by atoms with Gasteiger partial charge in [0.15, 0.2) is 24.2 Å². The zero-order chi connectivity index (χ0) is 13.1. The molecule has 0 saturated carbocycles. The summed E-state index contributed by atoms with van der Waals surface area (Å²) in [5, 5.41) is 9.98. The van der Waals surface area contributed by atoms with Crippen molar-refractivity contribution in [3.05, 3.63) is 0 Å². The van der Waals surface area contributed by atoms with E-state index in [-0.39, 0.29) is 18.1 Å². The van der Waals surface area contributed by atoms with Crippen LogP contribution >= 0.6 is 0 Å². The average molecular weight is 260 g/mol. The Bertz CT molecular complexity index is 341. The Hall–Kier alpha value is -0.240. The van der Waals surface area contributed by atoms with Crippen molar-refractivity contribution < 1.29 is 28.8 Å². The van der Waals surface area contributed by atoms with Crippen molar-refractivity contribution in [3.63, 3.8) is 0 Å². The second kappa shape index (κ2) is 3.88. The van der Waals surface area contributed by atoms with E-state index in [1.165, 1.54) is 0 Å². The molecule has 3 heterocycles. The van der Waals surface area contributed by atoms with Gasteiger partial charge in [0.05, 0.1) is 18.6 Å². The molecular formula is C12H20O6. The zero-order valence-corrected chi connectivity index (χ0v) is 11.1. The lowest BCUT2D eigenvalue weighted by molar-refractivity contribution is -0.250. The minimum Gasteiger partial charge on any atom is -0.367 e. The Labute approximate surface area is 106 Å². The average Bonchev–Trinajstić information content (AvgIpc) is 2.75. The van der Waals surface area contributed by atoms with E-state index in [4.69, 9.17) is 23.7 Å². The lowest BCUT2D eigenvalue weighted by atomic mass is 9.97. The monoisotopic (exact) mass is 260 g/mol. The molecule has 104 valence electrons. The molecule has 3 aliphatic rings. The SMILES string of the molecule is CC1(C)O[C@@H]2O[C@@H](O)[C@@H]([C@H]3COC(C)(C)O3)[C@@H]2O1. The van der Waals surface area contributed by atoms with E-state index in [2.05, 4.69) is 0 Å². The smallest absolute Gasteiger partial charge is 0.190 e. The fraction of sp³-hybridized carbons (Fsp3) is 1.00. The van der Waals surface area contributed by atoms with Gasteiger partial charge in [0, 0.05) is 0 Å². The van der Waals surface area contributed by atoms with Crippen molar-refractivity contribution in [2.75, 3.05) is 6.61 Å². The Morgan fingerprint density at radius 1 is 1.00 bits per heavy atom. The molecule has 0 aromatic heterocycles. The van der Waals surface area contributed by atoms with E-state index in [9.17, 15) is 5.11 Å². The molecule has 1 N–H and O–H groups in total. The number of fused-ring (bicyclic) bond motifs is 1. The summed E-state index contributed by atoms with van der Waals surface area (Å²) >= 11 is 0. The number of ether oxygens (including phenoxy) is 5. The predicted octanol–water partition coefficient (Wildman–Crippen LogP) is 0.580. The van der Waals surface area contributed by atoms with Crippen LogP contribution in [-0.4, -0.2) is 48.1 Å². The van der Waals surface area contributed by atoms with Crippen molar-refractivity contribution in [1.29, 1.82) is 0 Å². The highest BCUT2D eigenvalue weighted by Gasteiger charge is 2.58. The van der Waals surface area contributed by atoms with E-state index >= 15 is 0 Å². The fourth-order valence-electron chi connectivity index (χ4n) is 2.81. The highest BCUT2D eigenvalue weighted by atomic mass is 16.9. The van der Waals surface area contributed by atoms with Gasteiger partial charge in [0.25, 0.3) is 0 Å². The maximum absolute atomic E-state index is 9.98. The molecule has 0 aromatic rings. The molecule has 3 saturated heterocycles. The third-order valence-electron chi connectivity index (χ3n) is 3.53. The maximum atomic E-state index is 9.98. The molecule has 0 bridgehead atoms. The highest BCUT2D eigenvalue weighted by molar-refractivity contribution is 4.94. The van der Waals surface area contributed by atoms with Gasteiger partial charge in [0.1, 0.15) is 6.10 Å². The number of aliphatic hydroxyl groups is 1. The van der Waals surface area contributed by atoms with Gasteiger partial charge in [-0.25, -0.2) is 0 Å². The van der Waals surface area contributed by atoms with Crippen LogP contribution in [0, 0.1) is 5.92 Å². The molecule has 0 aromatic carbocycles. The van der Waals surface area contributed by atoms with Crippen LogP contribution in [0.2, 0.25) is 0 Å².